The summed E-state index contributed by atoms with van der Waals surface area (Å²) in [6.45, 7) is 4.10. The quantitative estimate of drug-likeness (QED) is 0.0373. The molecule has 4 aromatic rings. The lowest BCUT2D eigenvalue weighted by Gasteiger charge is -2.29. The normalized spacial score (nSPS) is 14.8. The van der Waals surface area contributed by atoms with Gasteiger partial charge in [0.25, 0.3) is 0 Å². The van der Waals surface area contributed by atoms with Crippen molar-refractivity contribution in [2.24, 2.45) is 17.4 Å². The van der Waals surface area contributed by atoms with Gasteiger partial charge >= 0.3 is 5.97 Å². The summed E-state index contributed by atoms with van der Waals surface area (Å²) < 4.78 is 0. The van der Waals surface area contributed by atoms with E-state index in [2.05, 4.69) is 36.9 Å². The van der Waals surface area contributed by atoms with Crippen LogP contribution in [0.3, 0.4) is 0 Å². The number of carbonyl (C=O) groups is 7. The first-order chi connectivity index (χ1) is 31.9. The number of aromatic nitrogens is 1. The zero-order valence-corrected chi connectivity index (χ0v) is 37.8. The van der Waals surface area contributed by atoms with Crippen LogP contribution in [0.25, 0.3) is 10.9 Å². The van der Waals surface area contributed by atoms with Crippen LogP contribution in [0.1, 0.15) is 63.1 Å². The number of carbonyl (C=O) groups excluding carboxylic acids is 6. The molecule has 0 aliphatic rings. The molecule has 3 aromatic carbocycles. The number of aromatic hydroxyl groups is 2. The molecule has 8 atom stereocenters. The van der Waals surface area contributed by atoms with Crippen molar-refractivity contribution in [2.45, 2.75) is 108 Å². The predicted octanol–water partition coefficient (Wildman–Crippen LogP) is 0.115. The molecule has 1 aromatic heterocycles. The molecule has 0 bridgehead atoms. The van der Waals surface area contributed by atoms with Gasteiger partial charge in [-0.25, -0.2) is 0 Å². The molecule has 6 amide bonds. The summed E-state index contributed by atoms with van der Waals surface area (Å²) in [5.41, 5.74) is 14.7. The highest BCUT2D eigenvalue weighted by Gasteiger charge is 2.35. The fourth-order valence-corrected chi connectivity index (χ4v) is 7.16. The lowest BCUT2D eigenvalue weighted by Crippen LogP contribution is -2.61. The number of aliphatic hydroxyl groups is 1. The average molecular weight is 930 g/mol. The van der Waals surface area contributed by atoms with Crippen molar-refractivity contribution in [3.05, 3.63) is 95.7 Å². The van der Waals surface area contributed by atoms with E-state index in [1.807, 2.05) is 24.3 Å². The minimum atomic E-state index is -1.69. The Morgan fingerprint density at radius 2 is 1.13 bits per heavy atom. The zero-order chi connectivity index (χ0) is 49.2. The average Bonchev–Trinajstić information content (AvgIpc) is 3.72. The van der Waals surface area contributed by atoms with Crippen LogP contribution in [0.2, 0.25) is 0 Å². The Bertz CT molecular complexity index is 2310. The molecule has 0 spiro atoms. The lowest BCUT2D eigenvalue weighted by atomic mass is 9.96. The summed E-state index contributed by atoms with van der Waals surface area (Å²) >= 11 is 0. The molecule has 0 aliphatic carbocycles. The number of carboxylic acid groups (broad SMARTS) is 1. The number of rotatable bonds is 26. The highest BCUT2D eigenvalue weighted by Crippen LogP contribution is 2.20. The molecule has 0 saturated carbocycles. The molecule has 0 unspecified atom stereocenters. The Morgan fingerprint density at radius 3 is 1.69 bits per heavy atom. The number of phenols is 2. The van der Waals surface area contributed by atoms with E-state index >= 15 is 0 Å². The number of carboxylic acids is 1. The van der Waals surface area contributed by atoms with Gasteiger partial charge in [-0.2, -0.15) is 0 Å². The number of phenolic OH excluding ortho intramolecular Hbond substituents is 2. The number of H-pyrrole nitrogens is 1. The van der Waals surface area contributed by atoms with Crippen LogP contribution in [-0.2, 0) is 52.8 Å². The standard InChI is InChI=1S/C47H63N9O11/c1-4-26(2)40(56-42(61)36(11-7-8-20-48)52-41(60)34(49)23-30-24-50-35-10-6-5-9-33(30)35)46(65)54-38(22-29-14-18-32(59)19-15-29)44(63)55-39(25-57)45(64)53-37(43(62)51-27(3)47(66)67)21-28-12-16-31(58)17-13-28/h5-6,9-10,12-19,24,26-27,34,36-40,50,57-59H,4,7-8,11,20-23,25,48-49H2,1-3H3,(H,51,62)(H,52,60)(H,53,64)(H,54,65)(H,55,63)(H,56,61)(H,66,67)/t26-,27-,34-,36-,37-,38-,39-,40-/m0/s1. The molecule has 0 saturated heterocycles. The van der Waals surface area contributed by atoms with Crippen LogP contribution in [0, 0.1) is 5.92 Å². The van der Waals surface area contributed by atoms with Gasteiger partial charge in [0.1, 0.15) is 47.8 Å². The van der Waals surface area contributed by atoms with E-state index in [0.29, 0.717) is 36.9 Å². The third-order valence-corrected chi connectivity index (χ3v) is 11.4. The Hall–Kier alpha value is -7.03. The van der Waals surface area contributed by atoms with Gasteiger partial charge in [0, 0.05) is 29.9 Å². The molecular weight excluding hydrogens is 867 g/mol. The number of benzene rings is 3. The van der Waals surface area contributed by atoms with Gasteiger partial charge in [0.2, 0.25) is 35.4 Å². The summed E-state index contributed by atoms with van der Waals surface area (Å²) in [6, 6.07) is 9.73. The first kappa shape index (κ1) is 52.6. The summed E-state index contributed by atoms with van der Waals surface area (Å²) in [4.78, 5) is 97.5. The summed E-state index contributed by atoms with van der Waals surface area (Å²) in [5.74, 6) is -6.88. The Kier molecular flexibility index (Phi) is 20.1. The lowest BCUT2D eigenvalue weighted by molar-refractivity contribution is -0.141. The van der Waals surface area contributed by atoms with Crippen molar-refractivity contribution in [1.29, 1.82) is 0 Å². The number of unbranched alkanes of at least 4 members (excludes halogenated alkanes) is 1. The molecule has 362 valence electrons. The molecule has 0 aliphatic heterocycles. The van der Waals surface area contributed by atoms with Crippen LogP contribution in [-0.4, -0.2) is 122 Å². The first-order valence-electron chi connectivity index (χ1n) is 22.2. The number of aromatic amines is 1. The Balaban J connectivity index is 1.54. The number of aliphatic carboxylic acids is 1. The third kappa shape index (κ3) is 15.8. The Labute approximate surface area is 388 Å². The van der Waals surface area contributed by atoms with Crippen LogP contribution >= 0.6 is 0 Å². The molecule has 4 rings (SSSR count). The van der Waals surface area contributed by atoms with Crippen molar-refractivity contribution >= 4 is 52.3 Å². The number of fused-ring (bicyclic) bond motifs is 1. The van der Waals surface area contributed by atoms with Crippen LogP contribution in [0.15, 0.2) is 79.0 Å². The van der Waals surface area contributed by atoms with E-state index < -0.39 is 96.2 Å². The van der Waals surface area contributed by atoms with Gasteiger partial charge < -0.3 is 68.8 Å². The van der Waals surface area contributed by atoms with Crippen molar-refractivity contribution in [3.63, 3.8) is 0 Å². The van der Waals surface area contributed by atoms with Gasteiger partial charge in [0.15, 0.2) is 0 Å². The number of amides is 6. The van der Waals surface area contributed by atoms with Crippen molar-refractivity contribution < 1.29 is 54.0 Å². The maximum atomic E-state index is 14.3. The number of nitrogens with one attached hydrogen (secondary N) is 7. The third-order valence-electron chi connectivity index (χ3n) is 11.4. The van der Waals surface area contributed by atoms with Gasteiger partial charge in [-0.15, -0.1) is 0 Å². The summed E-state index contributed by atoms with van der Waals surface area (Å²) in [7, 11) is 0. The van der Waals surface area contributed by atoms with Crippen LogP contribution < -0.4 is 43.4 Å². The SMILES string of the molecule is CC[C@H](C)[C@H](NC(=O)[C@H](CCCCN)NC(=O)[C@@H](N)Cc1c[nH]c2ccccc12)C(=O)N[C@@H](Cc1ccc(O)cc1)C(=O)N[C@@H](CO)C(=O)N[C@@H](Cc1ccc(O)cc1)C(=O)N[C@@H](C)C(=O)O. The monoisotopic (exact) mass is 929 g/mol. The van der Waals surface area contributed by atoms with Gasteiger partial charge in [-0.1, -0.05) is 62.7 Å². The maximum Gasteiger partial charge on any atom is 0.325 e. The van der Waals surface area contributed by atoms with Gasteiger partial charge in [-0.3, -0.25) is 33.6 Å². The highest BCUT2D eigenvalue weighted by atomic mass is 16.4. The van der Waals surface area contributed by atoms with Gasteiger partial charge in [0.05, 0.1) is 12.6 Å². The molecule has 15 N–H and O–H groups in total. The minimum absolute atomic E-state index is 0.0618. The summed E-state index contributed by atoms with van der Waals surface area (Å²) in [6.07, 6.45) is 3.17. The first-order valence-corrected chi connectivity index (χ1v) is 22.2. The molecule has 0 fully saturated rings. The predicted molar refractivity (Wildman–Crippen MR) is 248 cm³/mol. The van der Waals surface area contributed by atoms with Crippen LogP contribution in [0.5, 0.6) is 11.5 Å². The number of hydrogen-bond donors (Lipinski definition) is 13. The van der Waals surface area contributed by atoms with Crippen molar-refractivity contribution in [1.82, 2.24) is 36.9 Å². The summed E-state index contributed by atoms with van der Waals surface area (Å²) in [5, 5.41) is 55.6. The van der Waals surface area contributed by atoms with E-state index in [9.17, 15) is 54.0 Å². The van der Waals surface area contributed by atoms with E-state index in [-0.39, 0.29) is 37.2 Å². The number of para-hydroxylation sites is 1. The van der Waals surface area contributed by atoms with Crippen molar-refractivity contribution in [2.75, 3.05) is 13.2 Å². The number of nitrogens with two attached hydrogens (primary N) is 2. The molecule has 20 nitrogen and oxygen atoms in total. The highest BCUT2D eigenvalue weighted by molar-refractivity contribution is 5.97. The van der Waals surface area contributed by atoms with E-state index in [1.54, 1.807) is 20.0 Å². The van der Waals surface area contributed by atoms with E-state index in [1.165, 1.54) is 55.5 Å². The molecular formula is C47H63N9O11. The molecule has 1 heterocycles. The molecule has 20 heteroatoms. The number of aliphatic hydroxyl groups excluding tert-OH is 1. The second kappa shape index (κ2) is 25.6. The van der Waals surface area contributed by atoms with E-state index in [0.717, 1.165) is 16.5 Å². The van der Waals surface area contributed by atoms with Gasteiger partial charge in [-0.05, 0) is 92.1 Å². The largest absolute Gasteiger partial charge is 0.508 e. The Morgan fingerprint density at radius 1 is 0.627 bits per heavy atom. The smallest absolute Gasteiger partial charge is 0.325 e. The number of hydrogen-bond acceptors (Lipinski definition) is 12. The second-order valence-electron chi connectivity index (χ2n) is 16.6. The van der Waals surface area contributed by atoms with Crippen LogP contribution in [0.4, 0.5) is 0 Å². The zero-order valence-electron chi connectivity index (χ0n) is 37.8. The fraction of sp³-hybridized carbons (Fsp3) is 0.426. The maximum absolute atomic E-state index is 14.3. The van der Waals surface area contributed by atoms with Crippen molar-refractivity contribution in [3.8, 4) is 11.5 Å². The topological polar surface area (TPSA) is 340 Å². The minimum Gasteiger partial charge on any atom is -0.508 e. The van der Waals surface area contributed by atoms with E-state index in [4.69, 9.17) is 11.5 Å². The molecule has 0 radical (unpaired) electrons. The second-order valence-corrected chi connectivity index (χ2v) is 16.6. The fourth-order valence-electron chi connectivity index (χ4n) is 7.16. The molecule has 67 heavy (non-hydrogen) atoms.